The van der Waals surface area contributed by atoms with Crippen molar-refractivity contribution in [3.63, 3.8) is 0 Å². The second-order valence-corrected chi connectivity index (χ2v) is 6.85. The summed E-state index contributed by atoms with van der Waals surface area (Å²) in [5.41, 5.74) is 2.07. The summed E-state index contributed by atoms with van der Waals surface area (Å²) in [6.07, 6.45) is -0.968. The number of carboxylic acid groups (broad SMARTS) is 1. The minimum Gasteiger partial charge on any atom is -0.478 e. The summed E-state index contributed by atoms with van der Waals surface area (Å²) in [7, 11) is 0. The molecule has 1 aromatic rings. The number of allylic oxidation sites excluding steroid dienone is 3. The van der Waals surface area contributed by atoms with Crippen LogP contribution in [-0.2, 0) is 19.1 Å². The number of hydrogen-bond donors (Lipinski definition) is 1. The van der Waals surface area contributed by atoms with Gasteiger partial charge < -0.3 is 14.6 Å². The molecule has 0 saturated heterocycles. The van der Waals surface area contributed by atoms with E-state index < -0.39 is 35.2 Å². The number of hydrogen-bond acceptors (Lipinski definition) is 7. The number of carbonyl (C=O) groups excluding carboxylic acids is 2. The van der Waals surface area contributed by atoms with Gasteiger partial charge in [-0.2, -0.15) is 0 Å². The highest BCUT2D eigenvalue weighted by molar-refractivity contribution is 5.92. The summed E-state index contributed by atoms with van der Waals surface area (Å²) in [6.45, 7) is 5.41. The average molecular weight is 403 g/mol. The van der Waals surface area contributed by atoms with E-state index in [0.29, 0.717) is 6.42 Å². The van der Waals surface area contributed by atoms with Crippen LogP contribution in [0.5, 0.6) is 0 Å². The zero-order chi connectivity index (χ0) is 21.7. The molecule has 9 heteroatoms. The fourth-order valence-corrected chi connectivity index (χ4v) is 2.82. The monoisotopic (exact) mass is 403 g/mol. The fraction of sp³-hybridized carbons (Fsp3) is 0.350. The third-order valence-electron chi connectivity index (χ3n) is 4.40. The Bertz CT molecular complexity index is 884. The van der Waals surface area contributed by atoms with E-state index in [2.05, 4.69) is 0 Å². The molecule has 1 aliphatic rings. The largest absolute Gasteiger partial charge is 0.478 e. The van der Waals surface area contributed by atoms with Crippen molar-refractivity contribution in [2.75, 3.05) is 0 Å². The van der Waals surface area contributed by atoms with Crippen LogP contribution in [0.1, 0.15) is 36.2 Å². The van der Waals surface area contributed by atoms with Gasteiger partial charge in [0.25, 0.3) is 0 Å². The number of aryl methyl sites for hydroxylation is 1. The summed E-state index contributed by atoms with van der Waals surface area (Å²) in [4.78, 5) is 46.4. The van der Waals surface area contributed by atoms with Crippen molar-refractivity contribution in [1.29, 1.82) is 0 Å². The lowest BCUT2D eigenvalue weighted by Crippen LogP contribution is -2.46. The number of nitro groups is 1. The Morgan fingerprint density at radius 1 is 1.10 bits per heavy atom. The molecular weight excluding hydrogens is 382 g/mol. The van der Waals surface area contributed by atoms with E-state index in [9.17, 15) is 29.6 Å². The molecule has 0 spiro atoms. The molecule has 0 radical (unpaired) electrons. The SMILES string of the molecule is CC1=CC=C(C(=O)O[C@@H]([C@H](OC(=O)c2ccc(C)cc2)C(=O)O)[N+](=O)[O-])C(C)C1. The Hall–Kier alpha value is -3.49. The molecule has 1 N–H and O–H groups in total. The van der Waals surface area contributed by atoms with Crippen molar-refractivity contribution >= 4 is 17.9 Å². The van der Waals surface area contributed by atoms with Crippen LogP contribution in [0.2, 0.25) is 0 Å². The lowest BCUT2D eigenvalue weighted by Gasteiger charge is -2.21. The average Bonchev–Trinajstić information content (AvgIpc) is 2.64. The van der Waals surface area contributed by atoms with Crippen molar-refractivity contribution in [1.82, 2.24) is 0 Å². The molecule has 1 aromatic carbocycles. The molecule has 29 heavy (non-hydrogen) atoms. The van der Waals surface area contributed by atoms with Gasteiger partial charge in [0.1, 0.15) is 0 Å². The Morgan fingerprint density at radius 3 is 2.24 bits per heavy atom. The van der Waals surface area contributed by atoms with Crippen molar-refractivity contribution < 1.29 is 33.9 Å². The highest BCUT2D eigenvalue weighted by Gasteiger charge is 2.45. The van der Waals surface area contributed by atoms with Crippen LogP contribution in [0.3, 0.4) is 0 Å². The molecule has 1 unspecified atom stereocenters. The minimum atomic E-state index is -2.39. The summed E-state index contributed by atoms with van der Waals surface area (Å²) in [5, 5.41) is 20.7. The molecule has 1 aliphatic carbocycles. The van der Waals surface area contributed by atoms with Crippen LogP contribution in [0.25, 0.3) is 0 Å². The molecule has 154 valence electrons. The van der Waals surface area contributed by atoms with Crippen LogP contribution in [-0.4, -0.2) is 40.3 Å². The second-order valence-electron chi connectivity index (χ2n) is 6.85. The normalized spacial score (nSPS) is 18.0. The molecule has 0 aliphatic heterocycles. The van der Waals surface area contributed by atoms with E-state index in [1.807, 2.05) is 6.92 Å². The predicted octanol–water partition coefficient (Wildman–Crippen LogP) is 2.66. The highest BCUT2D eigenvalue weighted by atomic mass is 16.7. The van der Waals surface area contributed by atoms with Gasteiger partial charge in [-0.25, -0.2) is 14.4 Å². The maximum absolute atomic E-state index is 12.4. The summed E-state index contributed by atoms with van der Waals surface area (Å²) < 4.78 is 9.65. The Kier molecular flexibility index (Phi) is 6.87. The maximum Gasteiger partial charge on any atom is 0.404 e. The molecule has 0 saturated carbocycles. The number of nitrogens with zero attached hydrogens (tertiary/aromatic N) is 1. The van der Waals surface area contributed by atoms with Gasteiger partial charge in [-0.05, 0) is 38.3 Å². The number of esters is 2. The van der Waals surface area contributed by atoms with Gasteiger partial charge in [-0.3, -0.25) is 10.1 Å². The van der Waals surface area contributed by atoms with Crippen LogP contribution in [0.4, 0.5) is 0 Å². The van der Waals surface area contributed by atoms with E-state index in [1.54, 1.807) is 32.1 Å². The topological polar surface area (TPSA) is 133 Å². The van der Waals surface area contributed by atoms with Gasteiger partial charge in [0.05, 0.1) is 10.5 Å². The number of benzene rings is 1. The van der Waals surface area contributed by atoms with Crippen molar-refractivity contribution in [2.24, 2.45) is 5.92 Å². The van der Waals surface area contributed by atoms with E-state index in [0.717, 1.165) is 11.1 Å². The Morgan fingerprint density at radius 2 is 1.72 bits per heavy atom. The quantitative estimate of drug-likeness (QED) is 0.318. The van der Waals surface area contributed by atoms with Gasteiger partial charge in [0.2, 0.25) is 0 Å². The molecule has 0 amide bonds. The van der Waals surface area contributed by atoms with Gasteiger partial charge in [0.15, 0.2) is 0 Å². The van der Waals surface area contributed by atoms with E-state index in [-0.39, 0.29) is 17.1 Å². The van der Waals surface area contributed by atoms with Crippen molar-refractivity contribution in [2.45, 2.75) is 39.5 Å². The highest BCUT2D eigenvalue weighted by Crippen LogP contribution is 2.26. The number of carbonyl (C=O) groups is 3. The third kappa shape index (κ3) is 5.50. The molecule has 2 rings (SSSR count). The molecular formula is C20H21NO8. The molecule has 0 heterocycles. The van der Waals surface area contributed by atoms with Crippen LogP contribution in [0, 0.1) is 23.0 Å². The predicted molar refractivity (Wildman–Crippen MR) is 101 cm³/mol. The Balaban J connectivity index is 2.22. The van der Waals surface area contributed by atoms with Gasteiger partial charge >= 0.3 is 30.2 Å². The van der Waals surface area contributed by atoms with Crippen molar-refractivity contribution in [3.05, 3.63) is 68.8 Å². The first kappa shape index (κ1) is 21.8. The van der Waals surface area contributed by atoms with Gasteiger partial charge in [-0.1, -0.05) is 42.3 Å². The standard InChI is InChI=1S/C20H21NO8/c1-11-4-7-14(8-5-11)19(24)28-16(18(22)23)17(21(26)27)29-20(25)15-9-6-12(2)10-13(15)3/h4-9,13,16-17H,10H2,1-3H3,(H,22,23)/t13?,16-,17-/m0/s1. The van der Waals surface area contributed by atoms with E-state index >= 15 is 0 Å². The zero-order valence-electron chi connectivity index (χ0n) is 16.2. The maximum atomic E-state index is 12.4. The number of ether oxygens (including phenoxy) is 2. The Labute approximate surface area is 166 Å². The summed E-state index contributed by atoms with van der Waals surface area (Å²) in [5.74, 6) is -4.16. The second kappa shape index (κ2) is 9.13. The number of carboxylic acids is 1. The lowest BCUT2D eigenvalue weighted by molar-refractivity contribution is -0.576. The van der Waals surface area contributed by atoms with E-state index in [4.69, 9.17) is 9.47 Å². The molecule has 9 nitrogen and oxygen atoms in total. The molecule has 0 aromatic heterocycles. The smallest absolute Gasteiger partial charge is 0.404 e. The van der Waals surface area contributed by atoms with Crippen molar-refractivity contribution in [3.8, 4) is 0 Å². The summed E-state index contributed by atoms with van der Waals surface area (Å²) >= 11 is 0. The lowest BCUT2D eigenvalue weighted by atomic mass is 9.89. The molecule has 0 fully saturated rings. The molecule has 3 atom stereocenters. The van der Waals surface area contributed by atoms with Crippen LogP contribution >= 0.6 is 0 Å². The first-order valence-corrected chi connectivity index (χ1v) is 8.82. The van der Waals surface area contributed by atoms with Gasteiger partial charge in [0, 0.05) is 5.57 Å². The zero-order valence-corrected chi connectivity index (χ0v) is 16.2. The number of aliphatic carboxylic acids is 1. The van der Waals surface area contributed by atoms with Gasteiger partial charge in [-0.15, -0.1) is 0 Å². The van der Waals surface area contributed by atoms with Crippen LogP contribution < -0.4 is 0 Å². The summed E-state index contributed by atoms with van der Waals surface area (Å²) in [6, 6.07) is 5.99. The molecule has 0 bridgehead atoms. The fourth-order valence-electron chi connectivity index (χ4n) is 2.82. The first-order valence-electron chi connectivity index (χ1n) is 8.82. The van der Waals surface area contributed by atoms with Crippen LogP contribution in [0.15, 0.2) is 47.6 Å². The minimum absolute atomic E-state index is 0.0134. The first-order chi connectivity index (χ1) is 13.6. The number of rotatable bonds is 7. The third-order valence-corrected chi connectivity index (χ3v) is 4.40. The van der Waals surface area contributed by atoms with E-state index in [1.165, 1.54) is 18.2 Å².